The molecule has 1 aromatic carbocycles. The Hall–Kier alpha value is -2.47. The fourth-order valence-corrected chi connectivity index (χ4v) is 2.96. The molecule has 2 amide bonds. The van der Waals surface area contributed by atoms with Gasteiger partial charge in [0.1, 0.15) is 0 Å². The van der Waals surface area contributed by atoms with Crippen LogP contribution in [0.3, 0.4) is 0 Å². The number of likely N-dealkylation sites (tertiary alicyclic amines) is 1. The average Bonchev–Trinajstić information content (AvgIpc) is 2.95. The molecule has 0 atom stereocenters. The van der Waals surface area contributed by atoms with E-state index in [-0.39, 0.29) is 17.7 Å². The van der Waals surface area contributed by atoms with E-state index in [9.17, 15) is 9.59 Å². The van der Waals surface area contributed by atoms with E-state index in [1.165, 1.54) is 17.4 Å². The minimum absolute atomic E-state index is 0.0953. The number of carbonyl (C=O) groups excluding carboxylic acids is 2. The highest BCUT2D eigenvalue weighted by Crippen LogP contribution is 2.26. The van der Waals surface area contributed by atoms with E-state index in [1.807, 2.05) is 35.7 Å². The lowest BCUT2D eigenvalue weighted by Crippen LogP contribution is -2.53. The van der Waals surface area contributed by atoms with Gasteiger partial charge in [0, 0.05) is 24.0 Å². The van der Waals surface area contributed by atoms with Crippen molar-refractivity contribution in [2.24, 2.45) is 5.92 Å². The monoisotopic (exact) mass is 313 g/mol. The number of hydrogen-bond acceptors (Lipinski definition) is 4. The molecular weight excluding hydrogens is 298 g/mol. The van der Waals surface area contributed by atoms with E-state index in [1.54, 1.807) is 4.90 Å². The zero-order valence-electron chi connectivity index (χ0n) is 11.9. The van der Waals surface area contributed by atoms with Gasteiger partial charge in [0.25, 0.3) is 0 Å². The molecule has 1 fully saturated rings. The van der Waals surface area contributed by atoms with Crippen molar-refractivity contribution in [2.45, 2.75) is 0 Å². The third kappa shape index (κ3) is 2.92. The maximum absolute atomic E-state index is 12.1. The highest BCUT2D eigenvalue weighted by molar-refractivity contribution is 7.14. The Labute approximate surface area is 132 Å². The first kappa shape index (κ1) is 14.5. The molecule has 2 aromatic rings. The first-order valence-corrected chi connectivity index (χ1v) is 7.78. The summed E-state index contributed by atoms with van der Waals surface area (Å²) in [4.78, 5) is 29.4. The highest BCUT2D eigenvalue weighted by Gasteiger charge is 2.34. The number of thiazole rings is 1. The van der Waals surface area contributed by atoms with E-state index < -0.39 is 0 Å². The summed E-state index contributed by atoms with van der Waals surface area (Å²) in [5.41, 5.74) is 1.86. The van der Waals surface area contributed by atoms with Crippen LogP contribution in [0.15, 0.2) is 48.4 Å². The van der Waals surface area contributed by atoms with Crippen LogP contribution in [0.5, 0.6) is 0 Å². The number of benzene rings is 1. The molecule has 112 valence electrons. The number of nitrogens with one attached hydrogen (secondary N) is 1. The summed E-state index contributed by atoms with van der Waals surface area (Å²) in [5.74, 6) is -0.403. The molecule has 0 saturated carbocycles. The van der Waals surface area contributed by atoms with Gasteiger partial charge in [-0.05, 0) is 6.08 Å². The molecule has 3 rings (SSSR count). The van der Waals surface area contributed by atoms with Gasteiger partial charge in [-0.2, -0.15) is 0 Å². The first-order valence-electron chi connectivity index (χ1n) is 6.90. The Kier molecular flexibility index (Phi) is 4.02. The Balaban J connectivity index is 1.58. The zero-order valence-corrected chi connectivity index (χ0v) is 12.7. The molecule has 0 spiro atoms. The highest BCUT2D eigenvalue weighted by atomic mass is 32.1. The van der Waals surface area contributed by atoms with Crippen LogP contribution in [0.4, 0.5) is 5.13 Å². The van der Waals surface area contributed by atoms with Crippen molar-refractivity contribution in [1.29, 1.82) is 0 Å². The zero-order chi connectivity index (χ0) is 15.5. The van der Waals surface area contributed by atoms with Gasteiger partial charge in [-0.1, -0.05) is 36.9 Å². The first-order chi connectivity index (χ1) is 10.7. The summed E-state index contributed by atoms with van der Waals surface area (Å²) in [6, 6.07) is 9.81. The van der Waals surface area contributed by atoms with Crippen molar-refractivity contribution in [2.75, 3.05) is 18.4 Å². The number of anilines is 1. The summed E-state index contributed by atoms with van der Waals surface area (Å²) >= 11 is 1.40. The van der Waals surface area contributed by atoms with Crippen LogP contribution in [0, 0.1) is 5.92 Å². The molecule has 1 saturated heterocycles. The van der Waals surface area contributed by atoms with E-state index >= 15 is 0 Å². The third-order valence-electron chi connectivity index (χ3n) is 3.54. The molecule has 22 heavy (non-hydrogen) atoms. The van der Waals surface area contributed by atoms with Crippen LogP contribution in [-0.4, -0.2) is 34.8 Å². The largest absolute Gasteiger partial charge is 0.337 e. The average molecular weight is 313 g/mol. The second-order valence-corrected chi connectivity index (χ2v) is 5.90. The van der Waals surface area contributed by atoms with Crippen LogP contribution < -0.4 is 5.32 Å². The predicted octanol–water partition coefficient (Wildman–Crippen LogP) is 2.39. The topological polar surface area (TPSA) is 62.3 Å². The van der Waals surface area contributed by atoms with Crippen LogP contribution in [-0.2, 0) is 9.59 Å². The van der Waals surface area contributed by atoms with Crippen molar-refractivity contribution in [3.63, 3.8) is 0 Å². The summed E-state index contributed by atoms with van der Waals surface area (Å²) < 4.78 is 0. The minimum atomic E-state index is -0.173. The van der Waals surface area contributed by atoms with Crippen molar-refractivity contribution < 1.29 is 9.59 Å². The van der Waals surface area contributed by atoms with Gasteiger partial charge >= 0.3 is 0 Å². The number of nitrogens with zero attached hydrogens (tertiary/aromatic N) is 2. The molecule has 0 aliphatic carbocycles. The molecule has 0 bridgehead atoms. The molecule has 1 N–H and O–H groups in total. The van der Waals surface area contributed by atoms with Gasteiger partial charge in [0.05, 0.1) is 11.6 Å². The quantitative estimate of drug-likeness (QED) is 0.882. The van der Waals surface area contributed by atoms with Crippen molar-refractivity contribution in [3.05, 3.63) is 48.4 Å². The summed E-state index contributed by atoms with van der Waals surface area (Å²) in [6.07, 6.45) is 1.26. The molecule has 1 aromatic heterocycles. The third-order valence-corrected chi connectivity index (χ3v) is 4.30. The lowest BCUT2D eigenvalue weighted by molar-refractivity contribution is -0.137. The molecule has 0 radical (unpaired) electrons. The minimum Gasteiger partial charge on any atom is -0.337 e. The van der Waals surface area contributed by atoms with Crippen LogP contribution >= 0.6 is 11.3 Å². The van der Waals surface area contributed by atoms with E-state index in [2.05, 4.69) is 16.9 Å². The molecule has 2 heterocycles. The number of aromatic nitrogens is 1. The van der Waals surface area contributed by atoms with Crippen molar-refractivity contribution >= 4 is 28.3 Å². The van der Waals surface area contributed by atoms with Gasteiger partial charge < -0.3 is 10.2 Å². The fraction of sp³-hybridized carbons (Fsp3) is 0.188. The maximum Gasteiger partial charge on any atom is 0.246 e. The van der Waals surface area contributed by atoms with E-state index in [0.717, 1.165) is 11.3 Å². The molecular formula is C16H15N3O2S. The number of rotatable bonds is 4. The Morgan fingerprint density at radius 3 is 2.73 bits per heavy atom. The summed E-state index contributed by atoms with van der Waals surface area (Å²) in [5, 5.41) is 5.31. The molecule has 5 nitrogen and oxygen atoms in total. The second kappa shape index (κ2) is 6.11. The predicted molar refractivity (Wildman–Crippen MR) is 86.4 cm³/mol. The Morgan fingerprint density at radius 2 is 2.05 bits per heavy atom. The number of carbonyl (C=O) groups is 2. The van der Waals surface area contributed by atoms with Crippen molar-refractivity contribution in [1.82, 2.24) is 9.88 Å². The van der Waals surface area contributed by atoms with Gasteiger partial charge in [-0.3, -0.25) is 9.59 Å². The van der Waals surface area contributed by atoms with E-state index in [4.69, 9.17) is 0 Å². The fourth-order valence-electron chi connectivity index (χ4n) is 2.23. The van der Waals surface area contributed by atoms with E-state index in [0.29, 0.717) is 18.2 Å². The van der Waals surface area contributed by atoms with Crippen LogP contribution in [0.25, 0.3) is 11.3 Å². The SMILES string of the molecule is C=CC(=O)N1CC(C(=O)Nc2nc(-c3ccccc3)cs2)C1. The smallest absolute Gasteiger partial charge is 0.246 e. The molecule has 1 aliphatic rings. The molecule has 1 aliphatic heterocycles. The lowest BCUT2D eigenvalue weighted by atomic mass is 9.99. The van der Waals surface area contributed by atoms with Gasteiger partial charge in [-0.25, -0.2) is 4.98 Å². The molecule has 0 unspecified atom stereocenters. The second-order valence-electron chi connectivity index (χ2n) is 5.04. The van der Waals surface area contributed by atoms with Gasteiger partial charge in [0.2, 0.25) is 11.8 Å². The van der Waals surface area contributed by atoms with Crippen LogP contribution in [0.2, 0.25) is 0 Å². The van der Waals surface area contributed by atoms with Gasteiger partial charge in [-0.15, -0.1) is 11.3 Å². The van der Waals surface area contributed by atoms with Crippen molar-refractivity contribution in [3.8, 4) is 11.3 Å². The number of amides is 2. The molecule has 6 heteroatoms. The number of hydrogen-bond donors (Lipinski definition) is 1. The standard InChI is InChI=1S/C16H15N3O2S/c1-2-14(20)19-8-12(9-19)15(21)18-16-17-13(10-22-16)11-6-4-3-5-7-11/h2-7,10,12H,1,8-9H2,(H,17,18,21). The normalized spacial score (nSPS) is 14.3. The lowest BCUT2D eigenvalue weighted by Gasteiger charge is -2.37. The van der Waals surface area contributed by atoms with Gasteiger partial charge in [0.15, 0.2) is 5.13 Å². The Bertz CT molecular complexity index is 705. The van der Waals surface area contributed by atoms with Crippen LogP contribution in [0.1, 0.15) is 0 Å². The summed E-state index contributed by atoms with van der Waals surface area (Å²) in [7, 11) is 0. The Morgan fingerprint density at radius 1 is 1.32 bits per heavy atom. The summed E-state index contributed by atoms with van der Waals surface area (Å²) in [6.45, 7) is 4.31. The maximum atomic E-state index is 12.1.